The van der Waals surface area contributed by atoms with Gasteiger partial charge in [0.1, 0.15) is 18.1 Å². The van der Waals surface area contributed by atoms with E-state index in [9.17, 15) is 9.59 Å². The van der Waals surface area contributed by atoms with Crippen LogP contribution in [0.1, 0.15) is 27.6 Å². The third kappa shape index (κ3) is 3.38. The lowest BCUT2D eigenvalue weighted by molar-refractivity contribution is -0.122. The molecule has 0 aromatic carbocycles. The normalized spacial score (nSPS) is 12.8. The highest BCUT2D eigenvalue weighted by atomic mass is 32.2. The van der Waals surface area contributed by atoms with Crippen molar-refractivity contribution in [1.29, 1.82) is 0 Å². The van der Waals surface area contributed by atoms with Crippen molar-refractivity contribution in [2.75, 3.05) is 5.32 Å². The topological polar surface area (TPSA) is 102 Å². The minimum atomic E-state index is -0.369. The molecule has 8 nitrogen and oxygen atoms in total. The van der Waals surface area contributed by atoms with Crippen LogP contribution >= 0.6 is 11.8 Å². The van der Waals surface area contributed by atoms with Crippen LogP contribution in [-0.4, -0.2) is 21.6 Å². The number of aromatic nitrogens is 2. The molecule has 0 radical (unpaired) electrons. The molecule has 0 saturated heterocycles. The Hall–Kier alpha value is -2.94. The first-order valence-corrected chi connectivity index (χ1v) is 9.16. The van der Waals surface area contributed by atoms with Crippen molar-refractivity contribution < 1.29 is 18.4 Å². The quantitative estimate of drug-likeness (QED) is 0.689. The second-order valence-corrected chi connectivity index (χ2v) is 6.70. The third-order valence-corrected chi connectivity index (χ3v) is 4.90. The van der Waals surface area contributed by atoms with Crippen LogP contribution in [0.15, 0.2) is 45.6 Å². The number of fused-ring (bicyclic) bond motifs is 1. The van der Waals surface area contributed by atoms with Crippen LogP contribution in [0.25, 0.3) is 0 Å². The Morgan fingerprint density at radius 1 is 1.19 bits per heavy atom. The van der Waals surface area contributed by atoms with E-state index < -0.39 is 0 Å². The Bertz CT molecular complexity index is 915. The van der Waals surface area contributed by atoms with Gasteiger partial charge in [0.15, 0.2) is 5.76 Å². The molecule has 2 N–H and O–H groups in total. The molecule has 2 amide bonds. The van der Waals surface area contributed by atoms with Gasteiger partial charge in [0.2, 0.25) is 5.91 Å². The Balaban J connectivity index is 1.48. The summed E-state index contributed by atoms with van der Waals surface area (Å²) in [5, 5.41) is 10.1. The molecule has 1 aliphatic rings. The Morgan fingerprint density at radius 2 is 2.04 bits per heavy atom. The van der Waals surface area contributed by atoms with Gasteiger partial charge in [-0.3, -0.25) is 9.59 Å². The zero-order chi connectivity index (χ0) is 17.9. The summed E-state index contributed by atoms with van der Waals surface area (Å²) in [4.78, 5) is 24.6. The van der Waals surface area contributed by atoms with E-state index in [1.807, 2.05) is 0 Å². The minimum absolute atomic E-state index is 0.00609. The van der Waals surface area contributed by atoms with Crippen molar-refractivity contribution >= 4 is 29.4 Å². The number of thioether (sulfide) groups is 1. The highest BCUT2D eigenvalue weighted by Crippen LogP contribution is 2.34. The first kappa shape index (κ1) is 16.5. The molecule has 0 atom stereocenters. The predicted molar refractivity (Wildman–Crippen MR) is 94.4 cm³/mol. The first-order valence-electron chi connectivity index (χ1n) is 8.01. The molecule has 0 bridgehead atoms. The van der Waals surface area contributed by atoms with Crippen LogP contribution in [0, 0.1) is 0 Å². The van der Waals surface area contributed by atoms with Gasteiger partial charge in [-0.25, -0.2) is 4.68 Å². The van der Waals surface area contributed by atoms with Gasteiger partial charge in [-0.15, -0.1) is 0 Å². The number of hydrogen-bond donors (Lipinski definition) is 2. The fourth-order valence-electron chi connectivity index (χ4n) is 2.69. The second-order valence-electron chi connectivity index (χ2n) is 5.71. The molecule has 0 saturated carbocycles. The van der Waals surface area contributed by atoms with Crippen molar-refractivity contribution in [3.63, 3.8) is 0 Å². The fraction of sp³-hybridized carbons (Fsp3) is 0.235. The molecule has 26 heavy (non-hydrogen) atoms. The summed E-state index contributed by atoms with van der Waals surface area (Å²) in [7, 11) is 0. The van der Waals surface area contributed by atoms with Gasteiger partial charge in [-0.05, 0) is 24.3 Å². The maximum absolute atomic E-state index is 12.3. The van der Waals surface area contributed by atoms with Crippen molar-refractivity contribution in [2.45, 2.75) is 24.6 Å². The van der Waals surface area contributed by atoms with Gasteiger partial charge >= 0.3 is 0 Å². The van der Waals surface area contributed by atoms with E-state index in [4.69, 9.17) is 8.83 Å². The fourth-order valence-corrected chi connectivity index (χ4v) is 3.72. The van der Waals surface area contributed by atoms with Gasteiger partial charge in [-0.2, -0.15) is 16.9 Å². The number of amides is 2. The molecule has 4 heterocycles. The van der Waals surface area contributed by atoms with E-state index in [1.54, 1.807) is 42.3 Å². The van der Waals surface area contributed by atoms with Crippen LogP contribution in [-0.2, 0) is 29.4 Å². The van der Waals surface area contributed by atoms with Crippen molar-refractivity contribution in [3.05, 3.63) is 59.6 Å². The number of nitrogens with one attached hydrogen (secondary N) is 2. The second kappa shape index (κ2) is 7.12. The standard InChI is InChI=1S/C17H16N4O4S/c22-15(18-7-11-3-1-5-24-11)8-21-16(12-9-26-10-13(12)20-21)19-17(23)14-4-2-6-25-14/h1-6H,7-10H2,(H,18,22)(H,19,23). The van der Waals surface area contributed by atoms with E-state index in [0.29, 0.717) is 18.1 Å². The zero-order valence-corrected chi connectivity index (χ0v) is 14.5. The Labute approximate surface area is 152 Å². The van der Waals surface area contributed by atoms with Crippen LogP contribution in [0.3, 0.4) is 0 Å². The smallest absolute Gasteiger partial charge is 0.292 e. The predicted octanol–water partition coefficient (Wildman–Crippen LogP) is 2.38. The number of furan rings is 2. The molecule has 0 aliphatic carbocycles. The lowest BCUT2D eigenvalue weighted by Gasteiger charge is -2.10. The summed E-state index contributed by atoms with van der Waals surface area (Å²) in [6, 6.07) is 6.78. The number of carbonyl (C=O) groups is 2. The molecular formula is C17H16N4O4S. The van der Waals surface area contributed by atoms with E-state index in [2.05, 4.69) is 15.7 Å². The van der Waals surface area contributed by atoms with Gasteiger partial charge < -0.3 is 19.5 Å². The largest absolute Gasteiger partial charge is 0.467 e. The molecule has 0 spiro atoms. The van der Waals surface area contributed by atoms with Gasteiger partial charge in [0.25, 0.3) is 5.91 Å². The van der Waals surface area contributed by atoms with E-state index in [-0.39, 0.29) is 24.1 Å². The molecule has 0 fully saturated rings. The summed E-state index contributed by atoms with van der Waals surface area (Å²) in [5.74, 6) is 2.34. The average Bonchev–Trinajstić information content (AvgIpc) is 3.40. The Morgan fingerprint density at radius 3 is 2.81 bits per heavy atom. The SMILES string of the molecule is O=C(Cn1nc2c(c1NC(=O)c1ccco1)CSC2)NCc1ccco1. The molecule has 3 aromatic heterocycles. The maximum Gasteiger partial charge on any atom is 0.292 e. The van der Waals surface area contributed by atoms with E-state index in [0.717, 1.165) is 22.8 Å². The lowest BCUT2D eigenvalue weighted by atomic mass is 10.2. The number of rotatable bonds is 6. The molecule has 0 unspecified atom stereocenters. The number of carbonyl (C=O) groups excluding carboxylic acids is 2. The summed E-state index contributed by atoms with van der Waals surface area (Å²) < 4.78 is 11.9. The van der Waals surface area contributed by atoms with Crippen molar-refractivity contribution in [1.82, 2.24) is 15.1 Å². The van der Waals surface area contributed by atoms with Crippen LogP contribution in [0.5, 0.6) is 0 Å². The van der Waals surface area contributed by atoms with Crippen molar-refractivity contribution in [3.8, 4) is 0 Å². The number of anilines is 1. The molecule has 9 heteroatoms. The molecule has 134 valence electrons. The number of nitrogens with zero attached hydrogens (tertiary/aromatic N) is 2. The van der Waals surface area contributed by atoms with Crippen LogP contribution < -0.4 is 10.6 Å². The third-order valence-electron chi connectivity index (χ3n) is 3.93. The van der Waals surface area contributed by atoms with Crippen LogP contribution in [0.2, 0.25) is 0 Å². The molecule has 4 rings (SSSR count). The van der Waals surface area contributed by atoms with Gasteiger partial charge in [-0.1, -0.05) is 0 Å². The van der Waals surface area contributed by atoms with Crippen LogP contribution in [0.4, 0.5) is 5.82 Å². The summed E-state index contributed by atoms with van der Waals surface area (Å²) >= 11 is 1.72. The molecular weight excluding hydrogens is 356 g/mol. The summed E-state index contributed by atoms with van der Waals surface area (Å²) in [6.07, 6.45) is 2.99. The lowest BCUT2D eigenvalue weighted by Crippen LogP contribution is -2.28. The van der Waals surface area contributed by atoms with E-state index in [1.165, 1.54) is 10.9 Å². The van der Waals surface area contributed by atoms with E-state index >= 15 is 0 Å². The molecule has 1 aliphatic heterocycles. The minimum Gasteiger partial charge on any atom is -0.467 e. The summed E-state index contributed by atoms with van der Waals surface area (Å²) in [6.45, 7) is 0.308. The number of hydrogen-bond acceptors (Lipinski definition) is 6. The first-order chi connectivity index (χ1) is 12.7. The molecule has 3 aromatic rings. The maximum atomic E-state index is 12.3. The Kier molecular flexibility index (Phi) is 4.53. The summed E-state index contributed by atoms with van der Waals surface area (Å²) in [5.41, 5.74) is 1.84. The average molecular weight is 372 g/mol. The van der Waals surface area contributed by atoms with Crippen molar-refractivity contribution in [2.24, 2.45) is 0 Å². The highest BCUT2D eigenvalue weighted by molar-refractivity contribution is 7.98. The monoisotopic (exact) mass is 372 g/mol. The zero-order valence-electron chi connectivity index (χ0n) is 13.7. The van der Waals surface area contributed by atoms with Gasteiger partial charge in [0.05, 0.1) is 24.8 Å². The highest BCUT2D eigenvalue weighted by Gasteiger charge is 2.25. The van der Waals surface area contributed by atoms with Gasteiger partial charge in [0, 0.05) is 17.1 Å².